The minimum Gasteiger partial charge on any atom is -0.396 e. The average Bonchev–Trinajstić information content (AvgIpc) is 2.89. The van der Waals surface area contributed by atoms with E-state index in [-0.39, 0.29) is 6.61 Å². The summed E-state index contributed by atoms with van der Waals surface area (Å²) in [6.45, 7) is 7.56. The van der Waals surface area contributed by atoms with Crippen LogP contribution in [0.1, 0.15) is 63.9 Å². The fourth-order valence-corrected chi connectivity index (χ4v) is 4.85. The highest BCUT2D eigenvalue weighted by molar-refractivity contribution is 7.99. The summed E-state index contributed by atoms with van der Waals surface area (Å²) < 4.78 is 2.28. The van der Waals surface area contributed by atoms with Crippen LogP contribution in [0.15, 0.2) is 28.1 Å². The number of imidazole rings is 1. The Bertz CT molecular complexity index is 696. The van der Waals surface area contributed by atoms with E-state index < -0.39 is 0 Å². The van der Waals surface area contributed by atoms with Gasteiger partial charge in [-0.25, -0.2) is 4.98 Å². The summed E-state index contributed by atoms with van der Waals surface area (Å²) in [6.07, 6.45) is 5.35. The largest absolute Gasteiger partial charge is 0.396 e. The van der Waals surface area contributed by atoms with Crippen LogP contribution in [0.2, 0.25) is 10.0 Å². The Morgan fingerprint density at radius 1 is 1.12 bits per heavy atom. The van der Waals surface area contributed by atoms with Gasteiger partial charge in [0.15, 0.2) is 0 Å². The van der Waals surface area contributed by atoms with Gasteiger partial charge in [-0.05, 0) is 30.5 Å². The lowest BCUT2D eigenvalue weighted by Gasteiger charge is -2.13. The minimum absolute atomic E-state index is 0.108. The highest BCUT2D eigenvalue weighted by atomic mass is 35.5. The molecule has 1 aromatic carbocycles. The van der Waals surface area contributed by atoms with Crippen molar-refractivity contribution < 1.29 is 5.11 Å². The normalized spacial score (nSPS) is 11.5. The fraction of sp³-hybridized carbons (Fsp3) is 0.550. The molecule has 3 nitrogen and oxygen atoms in total. The molecule has 0 atom stereocenters. The van der Waals surface area contributed by atoms with Crippen LogP contribution in [-0.4, -0.2) is 21.3 Å². The summed E-state index contributed by atoms with van der Waals surface area (Å²) >= 11 is 14.0. The van der Waals surface area contributed by atoms with E-state index in [4.69, 9.17) is 28.2 Å². The maximum Gasteiger partial charge on any atom is 0.112 e. The molecule has 0 amide bonds. The molecule has 0 saturated heterocycles. The molecule has 0 aliphatic rings. The number of hydrogen-bond acceptors (Lipinski definition) is 3. The van der Waals surface area contributed by atoms with Gasteiger partial charge in [0.05, 0.1) is 12.3 Å². The van der Waals surface area contributed by atoms with Crippen molar-refractivity contribution in [3.05, 3.63) is 39.8 Å². The SMILES string of the molecule is CCCCCCn1c(CCO)nc(C(C)C)c1Sc1cc(Cl)cc(Cl)c1. The van der Waals surface area contributed by atoms with Crippen LogP contribution in [0.5, 0.6) is 0 Å². The van der Waals surface area contributed by atoms with Crippen molar-refractivity contribution in [2.45, 2.75) is 75.3 Å². The van der Waals surface area contributed by atoms with Gasteiger partial charge in [0, 0.05) is 27.9 Å². The van der Waals surface area contributed by atoms with Gasteiger partial charge < -0.3 is 9.67 Å². The first-order chi connectivity index (χ1) is 12.5. The van der Waals surface area contributed by atoms with Gasteiger partial charge in [-0.2, -0.15) is 0 Å². The molecule has 0 aliphatic heterocycles. The van der Waals surface area contributed by atoms with Gasteiger partial charge >= 0.3 is 0 Å². The molecule has 6 heteroatoms. The first-order valence-electron chi connectivity index (χ1n) is 9.30. The Morgan fingerprint density at radius 3 is 2.38 bits per heavy atom. The number of nitrogens with zero attached hydrogens (tertiary/aromatic N) is 2. The maximum atomic E-state index is 9.46. The Morgan fingerprint density at radius 2 is 1.81 bits per heavy atom. The second-order valence-electron chi connectivity index (χ2n) is 6.77. The van der Waals surface area contributed by atoms with Gasteiger partial charge in [0.25, 0.3) is 0 Å². The van der Waals surface area contributed by atoms with E-state index in [1.807, 2.05) is 12.1 Å². The zero-order valence-electron chi connectivity index (χ0n) is 15.8. The second-order valence-corrected chi connectivity index (χ2v) is 8.70. The van der Waals surface area contributed by atoms with Crippen LogP contribution < -0.4 is 0 Å². The van der Waals surface area contributed by atoms with Crippen molar-refractivity contribution in [2.24, 2.45) is 0 Å². The molecule has 0 spiro atoms. The Balaban J connectivity index is 2.38. The molecule has 0 aliphatic carbocycles. The lowest BCUT2D eigenvalue weighted by Crippen LogP contribution is -2.07. The van der Waals surface area contributed by atoms with Crippen LogP contribution in [0.25, 0.3) is 0 Å². The second kappa shape index (κ2) is 10.6. The van der Waals surface area contributed by atoms with Gasteiger partial charge in [-0.1, -0.05) is 75.0 Å². The first kappa shape index (κ1) is 21.6. The van der Waals surface area contributed by atoms with Gasteiger partial charge in [-0.15, -0.1) is 0 Å². The maximum absolute atomic E-state index is 9.46. The lowest BCUT2D eigenvalue weighted by molar-refractivity contribution is 0.293. The van der Waals surface area contributed by atoms with Crippen molar-refractivity contribution in [3.63, 3.8) is 0 Å². The zero-order valence-corrected chi connectivity index (χ0v) is 18.1. The van der Waals surface area contributed by atoms with E-state index in [0.29, 0.717) is 22.4 Å². The Labute approximate surface area is 171 Å². The quantitative estimate of drug-likeness (QED) is 0.446. The zero-order chi connectivity index (χ0) is 19.1. The average molecular weight is 415 g/mol. The standard InChI is InChI=1S/C20H28Cl2N2OS/c1-4-5-6-7-9-24-18(8-10-25)23-19(14(2)3)20(24)26-17-12-15(21)11-16(22)13-17/h11-14,25H,4-10H2,1-3H3. The number of benzene rings is 1. The van der Waals surface area contributed by atoms with Crippen molar-refractivity contribution in [1.29, 1.82) is 0 Å². The molecule has 0 radical (unpaired) electrons. The monoisotopic (exact) mass is 414 g/mol. The Kier molecular flexibility index (Phi) is 8.82. The molecule has 144 valence electrons. The molecule has 2 aromatic rings. The van der Waals surface area contributed by atoms with Gasteiger partial charge in [0.1, 0.15) is 10.9 Å². The highest BCUT2D eigenvalue weighted by Crippen LogP contribution is 2.37. The van der Waals surface area contributed by atoms with Crippen molar-refractivity contribution >= 4 is 35.0 Å². The minimum atomic E-state index is 0.108. The molecule has 2 rings (SSSR count). The molecule has 0 fully saturated rings. The van der Waals surface area contributed by atoms with Crippen molar-refractivity contribution in [3.8, 4) is 0 Å². The summed E-state index contributed by atoms with van der Waals surface area (Å²) in [4.78, 5) is 5.86. The highest BCUT2D eigenvalue weighted by Gasteiger charge is 2.20. The molecule has 1 N–H and O–H groups in total. The van der Waals surface area contributed by atoms with Crippen LogP contribution in [0.3, 0.4) is 0 Å². The molecular formula is C20H28Cl2N2OS. The van der Waals surface area contributed by atoms with E-state index >= 15 is 0 Å². The van der Waals surface area contributed by atoms with Crippen LogP contribution in [0.4, 0.5) is 0 Å². The van der Waals surface area contributed by atoms with E-state index in [0.717, 1.165) is 34.4 Å². The fourth-order valence-electron chi connectivity index (χ4n) is 2.90. The molecule has 1 aromatic heterocycles. The van der Waals surface area contributed by atoms with E-state index in [1.54, 1.807) is 17.8 Å². The van der Waals surface area contributed by atoms with Gasteiger partial charge in [0.2, 0.25) is 0 Å². The number of hydrogen-bond donors (Lipinski definition) is 1. The summed E-state index contributed by atoms with van der Waals surface area (Å²) in [6, 6.07) is 5.61. The first-order valence-corrected chi connectivity index (χ1v) is 10.9. The Hall–Kier alpha value is -0.680. The third kappa shape index (κ3) is 5.91. The molecular weight excluding hydrogens is 387 g/mol. The van der Waals surface area contributed by atoms with Crippen molar-refractivity contribution in [1.82, 2.24) is 9.55 Å². The van der Waals surface area contributed by atoms with Crippen LogP contribution >= 0.6 is 35.0 Å². The third-order valence-corrected chi connectivity index (χ3v) is 5.72. The summed E-state index contributed by atoms with van der Waals surface area (Å²) in [5.41, 5.74) is 1.07. The van der Waals surface area contributed by atoms with E-state index in [9.17, 15) is 5.11 Å². The van der Waals surface area contributed by atoms with Crippen molar-refractivity contribution in [2.75, 3.05) is 6.61 Å². The van der Waals surface area contributed by atoms with Crippen LogP contribution in [0, 0.1) is 0 Å². The smallest absolute Gasteiger partial charge is 0.112 e. The number of unbranched alkanes of at least 4 members (excludes halogenated alkanes) is 3. The summed E-state index contributed by atoms with van der Waals surface area (Å²) in [5, 5.41) is 11.9. The molecule has 26 heavy (non-hydrogen) atoms. The number of halogens is 2. The summed E-state index contributed by atoms with van der Waals surface area (Å²) in [7, 11) is 0. The topological polar surface area (TPSA) is 38.0 Å². The van der Waals surface area contributed by atoms with E-state index in [1.165, 1.54) is 19.3 Å². The molecule has 0 bridgehead atoms. The predicted molar refractivity (Wildman–Crippen MR) is 112 cm³/mol. The lowest BCUT2D eigenvalue weighted by atomic mass is 10.1. The third-order valence-electron chi connectivity index (χ3n) is 4.19. The number of aromatic nitrogens is 2. The van der Waals surface area contributed by atoms with Gasteiger partial charge in [-0.3, -0.25) is 0 Å². The number of aliphatic hydroxyl groups is 1. The number of aliphatic hydroxyl groups excluding tert-OH is 1. The predicted octanol–water partition coefficient (Wildman–Crippen LogP) is 6.58. The molecule has 1 heterocycles. The van der Waals surface area contributed by atoms with E-state index in [2.05, 4.69) is 25.3 Å². The number of rotatable bonds is 10. The van der Waals surface area contributed by atoms with Crippen LogP contribution in [-0.2, 0) is 13.0 Å². The molecule has 0 saturated carbocycles. The molecule has 0 unspecified atom stereocenters. The summed E-state index contributed by atoms with van der Waals surface area (Å²) in [5.74, 6) is 1.27.